The van der Waals surface area contributed by atoms with Crippen LogP contribution < -0.4 is 5.73 Å². The number of likely N-dealkylation sites (tertiary alicyclic amines) is 1. The molecule has 0 bridgehead atoms. The molecule has 1 aliphatic rings. The summed E-state index contributed by atoms with van der Waals surface area (Å²) < 4.78 is 1.42. The van der Waals surface area contributed by atoms with Crippen LogP contribution in [0.4, 0.5) is 5.82 Å². The van der Waals surface area contributed by atoms with E-state index >= 15 is 0 Å². The number of carbonyl (C=O) groups excluding carboxylic acids is 1. The second-order valence-corrected chi connectivity index (χ2v) is 4.26. The van der Waals surface area contributed by atoms with E-state index in [4.69, 9.17) is 5.73 Å². The van der Waals surface area contributed by atoms with E-state index in [1.165, 1.54) is 10.9 Å². The van der Waals surface area contributed by atoms with Crippen LogP contribution in [0.5, 0.6) is 0 Å². The SMILES string of the molecule is Nc1cn(CC(=O)N2CCCCC2CO)nn1. The maximum absolute atomic E-state index is 12.0. The van der Waals surface area contributed by atoms with Crippen LogP contribution >= 0.6 is 0 Å². The van der Waals surface area contributed by atoms with Gasteiger partial charge in [0.05, 0.1) is 18.8 Å². The van der Waals surface area contributed by atoms with Crippen molar-refractivity contribution in [1.82, 2.24) is 19.9 Å². The fourth-order valence-electron chi connectivity index (χ4n) is 2.14. The molecule has 3 N–H and O–H groups in total. The minimum Gasteiger partial charge on any atom is -0.394 e. The quantitative estimate of drug-likeness (QED) is 0.722. The summed E-state index contributed by atoms with van der Waals surface area (Å²) in [6.07, 6.45) is 4.44. The predicted octanol–water partition coefficient (Wildman–Crippen LogP) is -0.766. The Morgan fingerprint density at radius 1 is 1.59 bits per heavy atom. The van der Waals surface area contributed by atoms with Crippen LogP contribution in [0.25, 0.3) is 0 Å². The van der Waals surface area contributed by atoms with Gasteiger partial charge in [0, 0.05) is 6.54 Å². The molecule has 1 aliphatic heterocycles. The van der Waals surface area contributed by atoms with Gasteiger partial charge in [0.1, 0.15) is 6.54 Å². The highest BCUT2D eigenvalue weighted by molar-refractivity contribution is 5.76. The van der Waals surface area contributed by atoms with Crippen LogP contribution in [0.2, 0.25) is 0 Å². The first-order valence-electron chi connectivity index (χ1n) is 5.76. The van der Waals surface area contributed by atoms with Gasteiger partial charge in [-0.15, -0.1) is 5.10 Å². The van der Waals surface area contributed by atoms with Gasteiger partial charge in [0.2, 0.25) is 5.91 Å². The minimum atomic E-state index is -0.0582. The fraction of sp³-hybridized carbons (Fsp3) is 0.700. The number of amides is 1. The lowest BCUT2D eigenvalue weighted by molar-refractivity contribution is -0.136. The number of rotatable bonds is 3. The third-order valence-electron chi connectivity index (χ3n) is 3.01. The van der Waals surface area contributed by atoms with E-state index in [-0.39, 0.29) is 25.1 Å². The first-order chi connectivity index (χ1) is 8.20. The molecule has 17 heavy (non-hydrogen) atoms. The molecule has 1 unspecified atom stereocenters. The summed E-state index contributed by atoms with van der Waals surface area (Å²) in [6, 6.07) is -0.0582. The van der Waals surface area contributed by atoms with E-state index in [9.17, 15) is 9.90 Å². The Kier molecular flexibility index (Phi) is 3.58. The molecule has 1 aromatic heterocycles. The first-order valence-corrected chi connectivity index (χ1v) is 5.76. The smallest absolute Gasteiger partial charge is 0.244 e. The van der Waals surface area contributed by atoms with Gasteiger partial charge in [-0.05, 0) is 19.3 Å². The van der Waals surface area contributed by atoms with Gasteiger partial charge in [-0.1, -0.05) is 5.21 Å². The molecule has 0 aliphatic carbocycles. The molecule has 7 nitrogen and oxygen atoms in total. The molecule has 0 spiro atoms. The summed E-state index contributed by atoms with van der Waals surface area (Å²) in [6.45, 7) is 0.847. The summed E-state index contributed by atoms with van der Waals surface area (Å²) in [7, 11) is 0. The van der Waals surface area contributed by atoms with Crippen molar-refractivity contribution in [1.29, 1.82) is 0 Å². The monoisotopic (exact) mass is 239 g/mol. The predicted molar refractivity (Wildman–Crippen MR) is 60.9 cm³/mol. The third-order valence-corrected chi connectivity index (χ3v) is 3.01. The van der Waals surface area contributed by atoms with Crippen LogP contribution in [0.3, 0.4) is 0 Å². The number of nitrogens with two attached hydrogens (primary N) is 1. The van der Waals surface area contributed by atoms with Gasteiger partial charge in [-0.3, -0.25) is 4.79 Å². The molecule has 1 fully saturated rings. The van der Waals surface area contributed by atoms with E-state index < -0.39 is 0 Å². The number of aliphatic hydroxyl groups is 1. The standard InChI is InChI=1S/C10H17N5O2/c11-9-5-14(13-12-9)6-10(17)15-4-2-1-3-8(15)7-16/h5,8,16H,1-4,6-7,11H2. The van der Waals surface area contributed by atoms with Crippen LogP contribution in [0.15, 0.2) is 6.20 Å². The number of aromatic nitrogens is 3. The molecule has 1 atom stereocenters. The Hall–Kier alpha value is -1.63. The van der Waals surface area contributed by atoms with Gasteiger partial charge in [-0.25, -0.2) is 4.68 Å². The van der Waals surface area contributed by atoms with Crippen molar-refractivity contribution in [2.75, 3.05) is 18.9 Å². The molecule has 0 aromatic carbocycles. The number of hydrogen-bond acceptors (Lipinski definition) is 5. The number of nitrogen functional groups attached to an aromatic ring is 1. The lowest BCUT2D eigenvalue weighted by Gasteiger charge is -2.34. The lowest BCUT2D eigenvalue weighted by Crippen LogP contribution is -2.47. The fourth-order valence-corrected chi connectivity index (χ4v) is 2.14. The molecule has 1 amide bonds. The molecular formula is C10H17N5O2. The van der Waals surface area contributed by atoms with E-state index in [0.717, 1.165) is 19.3 Å². The molecule has 2 heterocycles. The van der Waals surface area contributed by atoms with E-state index in [1.54, 1.807) is 4.90 Å². The lowest BCUT2D eigenvalue weighted by atomic mass is 10.0. The van der Waals surface area contributed by atoms with Crippen molar-refractivity contribution in [2.24, 2.45) is 0 Å². The maximum Gasteiger partial charge on any atom is 0.244 e. The maximum atomic E-state index is 12.0. The number of carbonyl (C=O) groups is 1. The Morgan fingerprint density at radius 2 is 2.41 bits per heavy atom. The van der Waals surface area contributed by atoms with Crippen molar-refractivity contribution >= 4 is 11.7 Å². The van der Waals surface area contributed by atoms with E-state index in [2.05, 4.69) is 10.3 Å². The largest absolute Gasteiger partial charge is 0.394 e. The number of anilines is 1. The second kappa shape index (κ2) is 5.13. The first kappa shape index (κ1) is 11.8. The Labute approximate surface area is 99.2 Å². The second-order valence-electron chi connectivity index (χ2n) is 4.26. The van der Waals surface area contributed by atoms with Gasteiger partial charge in [0.15, 0.2) is 5.82 Å². The zero-order valence-electron chi connectivity index (χ0n) is 9.62. The van der Waals surface area contributed by atoms with Crippen LogP contribution in [-0.2, 0) is 11.3 Å². The van der Waals surface area contributed by atoms with Gasteiger partial charge in [-0.2, -0.15) is 0 Å². The molecule has 94 valence electrons. The van der Waals surface area contributed by atoms with E-state index in [0.29, 0.717) is 12.4 Å². The van der Waals surface area contributed by atoms with E-state index in [1.807, 2.05) is 0 Å². The minimum absolute atomic E-state index is 0.0191. The third kappa shape index (κ3) is 2.73. The average Bonchev–Trinajstić information content (AvgIpc) is 2.74. The number of aliphatic hydroxyl groups excluding tert-OH is 1. The van der Waals surface area contributed by atoms with Crippen molar-refractivity contribution in [3.8, 4) is 0 Å². The number of piperidine rings is 1. The number of nitrogens with zero attached hydrogens (tertiary/aromatic N) is 4. The molecule has 1 aromatic rings. The molecule has 0 saturated carbocycles. The highest BCUT2D eigenvalue weighted by atomic mass is 16.3. The zero-order valence-corrected chi connectivity index (χ0v) is 9.62. The average molecular weight is 239 g/mol. The summed E-state index contributed by atoms with van der Waals surface area (Å²) in [4.78, 5) is 13.8. The van der Waals surface area contributed by atoms with Crippen molar-refractivity contribution in [3.63, 3.8) is 0 Å². The summed E-state index contributed by atoms with van der Waals surface area (Å²) in [5, 5.41) is 16.6. The van der Waals surface area contributed by atoms with Gasteiger partial charge in [0.25, 0.3) is 0 Å². The van der Waals surface area contributed by atoms with Crippen LogP contribution in [-0.4, -0.2) is 50.1 Å². The van der Waals surface area contributed by atoms with Crippen LogP contribution in [0, 0.1) is 0 Å². The van der Waals surface area contributed by atoms with Crippen molar-refractivity contribution in [3.05, 3.63) is 6.20 Å². The van der Waals surface area contributed by atoms with Crippen LogP contribution in [0.1, 0.15) is 19.3 Å². The molecule has 0 radical (unpaired) electrons. The normalized spacial score (nSPS) is 20.5. The van der Waals surface area contributed by atoms with Crippen molar-refractivity contribution < 1.29 is 9.90 Å². The molecule has 2 rings (SSSR count). The van der Waals surface area contributed by atoms with Gasteiger partial charge < -0.3 is 15.7 Å². The molecular weight excluding hydrogens is 222 g/mol. The molecule has 1 saturated heterocycles. The Morgan fingerprint density at radius 3 is 3.06 bits per heavy atom. The topological polar surface area (TPSA) is 97.3 Å². The van der Waals surface area contributed by atoms with Crippen molar-refractivity contribution in [2.45, 2.75) is 31.8 Å². The Bertz CT molecular complexity index is 392. The number of hydrogen-bond donors (Lipinski definition) is 2. The van der Waals surface area contributed by atoms with Gasteiger partial charge >= 0.3 is 0 Å². The summed E-state index contributed by atoms with van der Waals surface area (Å²) >= 11 is 0. The highest BCUT2D eigenvalue weighted by Crippen LogP contribution is 2.17. The molecule has 7 heteroatoms. The zero-order chi connectivity index (χ0) is 12.3. The Balaban J connectivity index is 1.98. The summed E-state index contributed by atoms with van der Waals surface area (Å²) in [5.74, 6) is 0.254. The highest BCUT2D eigenvalue weighted by Gasteiger charge is 2.26. The summed E-state index contributed by atoms with van der Waals surface area (Å²) in [5.41, 5.74) is 5.43.